The summed E-state index contributed by atoms with van der Waals surface area (Å²) in [4.78, 5) is 0. The molecule has 1 saturated carbocycles. The number of alkyl halides is 3. The third-order valence-electron chi connectivity index (χ3n) is 3.23. The molecule has 0 atom stereocenters. The zero-order chi connectivity index (χ0) is 12.9. The van der Waals surface area contributed by atoms with Gasteiger partial charge in [-0.15, -0.1) is 0 Å². The van der Waals surface area contributed by atoms with E-state index in [9.17, 15) is 21.6 Å². The van der Waals surface area contributed by atoms with Gasteiger partial charge in [0, 0.05) is 6.04 Å². The topological polar surface area (TPSA) is 46.2 Å². The molecule has 102 valence electrons. The van der Waals surface area contributed by atoms with E-state index in [0.29, 0.717) is 12.8 Å². The number of rotatable bonds is 6. The quantitative estimate of drug-likeness (QED) is 0.803. The molecule has 0 spiro atoms. The lowest BCUT2D eigenvalue weighted by atomic mass is 9.96. The minimum Gasteiger partial charge on any atom is -0.249 e. The van der Waals surface area contributed by atoms with Crippen molar-refractivity contribution in [3.05, 3.63) is 0 Å². The maximum Gasteiger partial charge on any atom is 0.225 e. The van der Waals surface area contributed by atoms with Crippen molar-refractivity contribution >= 4 is 10.0 Å². The molecule has 3 nitrogen and oxygen atoms in total. The molecule has 0 amide bonds. The second-order valence-electron chi connectivity index (χ2n) is 4.54. The summed E-state index contributed by atoms with van der Waals surface area (Å²) in [5, 5.41) is 0. The fourth-order valence-corrected chi connectivity index (χ4v) is 3.24. The Morgan fingerprint density at radius 1 is 1.00 bits per heavy atom. The third-order valence-corrected chi connectivity index (χ3v) is 5.34. The molecule has 1 rings (SSSR count). The van der Waals surface area contributed by atoms with Crippen LogP contribution in [-0.2, 0) is 10.0 Å². The molecular weight excluding hydrogens is 255 g/mol. The number of sulfonamides is 1. The van der Waals surface area contributed by atoms with Gasteiger partial charge in [-0.3, -0.25) is 0 Å². The van der Waals surface area contributed by atoms with Crippen LogP contribution in [0.2, 0.25) is 0 Å². The zero-order valence-corrected chi connectivity index (χ0v) is 10.4. The largest absolute Gasteiger partial charge is 0.249 e. The third kappa shape index (κ3) is 3.13. The second kappa shape index (κ2) is 6.04. The van der Waals surface area contributed by atoms with E-state index in [0.717, 1.165) is 19.3 Å². The van der Waals surface area contributed by atoms with E-state index in [1.807, 2.05) is 0 Å². The van der Waals surface area contributed by atoms with Crippen molar-refractivity contribution in [2.75, 3.05) is 20.0 Å². The number of nitrogens with one attached hydrogen (secondary N) is 1. The van der Waals surface area contributed by atoms with E-state index in [1.54, 1.807) is 0 Å². The van der Waals surface area contributed by atoms with Crippen LogP contribution in [0.15, 0.2) is 0 Å². The van der Waals surface area contributed by atoms with Crippen LogP contribution in [0.5, 0.6) is 0 Å². The van der Waals surface area contributed by atoms with Crippen LogP contribution in [0.3, 0.4) is 0 Å². The summed E-state index contributed by atoms with van der Waals surface area (Å²) in [6.45, 7) is -4.66. The summed E-state index contributed by atoms with van der Waals surface area (Å²) in [7, 11) is -4.31. The van der Waals surface area contributed by atoms with Gasteiger partial charge in [0.25, 0.3) is 0 Å². The molecule has 0 saturated heterocycles. The predicted octanol–water partition coefficient (Wildman–Crippen LogP) is 1.89. The molecular formula is C10H18F3NO2S. The molecule has 1 aliphatic rings. The van der Waals surface area contributed by atoms with E-state index in [2.05, 4.69) is 4.72 Å². The lowest BCUT2D eigenvalue weighted by Crippen LogP contribution is -2.54. The molecule has 1 N–H and O–H groups in total. The molecule has 1 aliphatic carbocycles. The highest BCUT2D eigenvalue weighted by molar-refractivity contribution is 7.91. The molecule has 17 heavy (non-hydrogen) atoms. The van der Waals surface area contributed by atoms with Crippen molar-refractivity contribution in [3.63, 3.8) is 0 Å². The fourth-order valence-electron chi connectivity index (χ4n) is 1.89. The Morgan fingerprint density at radius 3 is 1.88 bits per heavy atom. The lowest BCUT2D eigenvalue weighted by Gasteiger charge is -2.29. The van der Waals surface area contributed by atoms with Crippen molar-refractivity contribution in [1.82, 2.24) is 4.72 Å². The molecule has 0 aromatic carbocycles. The van der Waals surface area contributed by atoms with Gasteiger partial charge in [0.1, 0.15) is 20.0 Å². The standard InChI is InChI=1S/C10H18F3NO2S/c11-6-10(7-12,8-13)17(15,16)14-9-4-2-1-3-5-9/h9,14H,1-8H2. The monoisotopic (exact) mass is 273 g/mol. The van der Waals surface area contributed by atoms with Crippen molar-refractivity contribution in [2.24, 2.45) is 0 Å². The first-order valence-electron chi connectivity index (χ1n) is 5.71. The summed E-state index contributed by atoms with van der Waals surface area (Å²) in [6.07, 6.45) is 4.06. The van der Waals surface area contributed by atoms with Crippen molar-refractivity contribution < 1.29 is 21.6 Å². The molecule has 0 aromatic heterocycles. The Hall–Kier alpha value is -0.300. The average molecular weight is 273 g/mol. The van der Waals surface area contributed by atoms with E-state index in [1.165, 1.54) is 0 Å². The lowest BCUT2D eigenvalue weighted by molar-refractivity contribution is 0.252. The maximum absolute atomic E-state index is 12.7. The maximum atomic E-state index is 12.7. The molecule has 0 unspecified atom stereocenters. The van der Waals surface area contributed by atoms with E-state index < -0.39 is 34.8 Å². The Morgan fingerprint density at radius 2 is 1.47 bits per heavy atom. The van der Waals surface area contributed by atoms with Gasteiger partial charge >= 0.3 is 0 Å². The Labute approximate surface area is 99.8 Å². The Kier molecular flexibility index (Phi) is 5.24. The minimum atomic E-state index is -4.31. The SMILES string of the molecule is O=S(=O)(NC1CCCCC1)C(CF)(CF)CF. The first-order valence-corrected chi connectivity index (χ1v) is 7.19. The first kappa shape index (κ1) is 14.8. The van der Waals surface area contributed by atoms with Crippen LogP contribution in [-0.4, -0.2) is 39.2 Å². The van der Waals surface area contributed by atoms with Crippen LogP contribution >= 0.6 is 0 Å². The number of hydrogen-bond donors (Lipinski definition) is 1. The normalized spacial score (nSPS) is 19.5. The molecule has 1 fully saturated rings. The zero-order valence-electron chi connectivity index (χ0n) is 9.59. The van der Waals surface area contributed by atoms with E-state index in [-0.39, 0.29) is 6.04 Å². The van der Waals surface area contributed by atoms with Gasteiger partial charge < -0.3 is 0 Å². The van der Waals surface area contributed by atoms with Crippen LogP contribution < -0.4 is 4.72 Å². The van der Waals surface area contributed by atoms with E-state index in [4.69, 9.17) is 0 Å². The minimum absolute atomic E-state index is 0.322. The first-order chi connectivity index (χ1) is 8.01. The molecule has 7 heteroatoms. The average Bonchev–Trinajstić information content (AvgIpc) is 2.32. The van der Waals surface area contributed by atoms with Crippen molar-refractivity contribution in [1.29, 1.82) is 0 Å². The van der Waals surface area contributed by atoms with Gasteiger partial charge in [-0.05, 0) is 12.8 Å². The number of halogens is 3. The molecule has 0 aromatic rings. The number of hydrogen-bond acceptors (Lipinski definition) is 2. The molecule has 0 bridgehead atoms. The summed E-state index contributed by atoms with van der Waals surface area (Å²) in [5.74, 6) is 0. The highest BCUT2D eigenvalue weighted by Gasteiger charge is 2.46. The second-order valence-corrected chi connectivity index (χ2v) is 6.65. The van der Waals surface area contributed by atoms with Crippen LogP contribution in [0.25, 0.3) is 0 Å². The highest BCUT2D eigenvalue weighted by Crippen LogP contribution is 2.24. The van der Waals surface area contributed by atoms with Gasteiger partial charge in [0.05, 0.1) is 0 Å². The highest BCUT2D eigenvalue weighted by atomic mass is 32.2. The molecule has 0 heterocycles. The Bertz CT molecular complexity index is 316. The van der Waals surface area contributed by atoms with Gasteiger partial charge in [-0.1, -0.05) is 19.3 Å². The van der Waals surface area contributed by atoms with Crippen LogP contribution in [0.1, 0.15) is 32.1 Å². The van der Waals surface area contributed by atoms with Crippen molar-refractivity contribution in [3.8, 4) is 0 Å². The summed E-state index contributed by atoms with van der Waals surface area (Å²) in [5.41, 5.74) is 0. The van der Waals surface area contributed by atoms with Gasteiger partial charge in [0.2, 0.25) is 10.0 Å². The predicted molar refractivity (Wildman–Crippen MR) is 59.6 cm³/mol. The molecule has 0 aliphatic heterocycles. The molecule has 0 radical (unpaired) electrons. The smallest absolute Gasteiger partial charge is 0.225 e. The van der Waals surface area contributed by atoms with Gasteiger partial charge in [-0.25, -0.2) is 26.3 Å². The fraction of sp³-hybridized carbons (Fsp3) is 1.00. The summed E-state index contributed by atoms with van der Waals surface area (Å²) in [6, 6.07) is -0.322. The van der Waals surface area contributed by atoms with Gasteiger partial charge in [-0.2, -0.15) is 0 Å². The summed E-state index contributed by atoms with van der Waals surface area (Å²) >= 11 is 0. The summed E-state index contributed by atoms with van der Waals surface area (Å²) < 4.78 is 61.2. The van der Waals surface area contributed by atoms with Crippen LogP contribution in [0.4, 0.5) is 13.2 Å². The van der Waals surface area contributed by atoms with E-state index >= 15 is 0 Å². The van der Waals surface area contributed by atoms with Crippen molar-refractivity contribution in [2.45, 2.75) is 42.9 Å². The Balaban J connectivity index is 2.78. The van der Waals surface area contributed by atoms with Crippen LogP contribution in [0, 0.1) is 0 Å². The van der Waals surface area contributed by atoms with Gasteiger partial charge in [0.15, 0.2) is 4.75 Å².